The van der Waals surface area contributed by atoms with Gasteiger partial charge in [0.25, 0.3) is 0 Å². The molecule has 0 amide bonds. The number of aromatic nitrogens is 2. The standard InChI is InChI=1S/C17H11BrFN3S/c18-13-3-1-12(2-4-13)16-11-21-17(23-10-9-20)22(16)15-7-5-14(19)6-8-15/h1-8,11H,10H2. The second kappa shape index (κ2) is 6.99. The number of hydrogen-bond acceptors (Lipinski definition) is 3. The highest BCUT2D eigenvalue weighted by molar-refractivity contribution is 9.10. The Morgan fingerprint density at radius 2 is 1.83 bits per heavy atom. The van der Waals surface area contributed by atoms with Gasteiger partial charge in [0, 0.05) is 15.7 Å². The van der Waals surface area contributed by atoms with Crippen LogP contribution < -0.4 is 0 Å². The first-order valence-corrected chi connectivity index (χ1v) is 8.56. The minimum Gasteiger partial charge on any atom is -0.287 e. The van der Waals surface area contributed by atoms with E-state index in [0.29, 0.717) is 10.9 Å². The summed E-state index contributed by atoms with van der Waals surface area (Å²) >= 11 is 4.78. The molecular weight excluding hydrogens is 377 g/mol. The van der Waals surface area contributed by atoms with Crippen LogP contribution in [0.4, 0.5) is 4.39 Å². The summed E-state index contributed by atoms with van der Waals surface area (Å²) in [6.45, 7) is 0. The number of nitriles is 1. The van der Waals surface area contributed by atoms with Gasteiger partial charge in [-0.2, -0.15) is 5.26 Å². The number of thioether (sulfide) groups is 1. The molecule has 0 saturated heterocycles. The van der Waals surface area contributed by atoms with Crippen LogP contribution in [0.15, 0.2) is 64.4 Å². The molecular formula is C17H11BrFN3S. The highest BCUT2D eigenvalue weighted by atomic mass is 79.9. The molecule has 23 heavy (non-hydrogen) atoms. The van der Waals surface area contributed by atoms with Crippen molar-refractivity contribution in [1.29, 1.82) is 5.26 Å². The third kappa shape index (κ3) is 3.46. The van der Waals surface area contributed by atoms with Gasteiger partial charge in [0.2, 0.25) is 0 Å². The predicted octanol–water partition coefficient (Wildman–Crippen LogP) is 5.06. The van der Waals surface area contributed by atoms with Crippen molar-refractivity contribution in [3.05, 3.63) is 65.0 Å². The van der Waals surface area contributed by atoms with E-state index in [-0.39, 0.29) is 5.82 Å². The van der Waals surface area contributed by atoms with E-state index in [1.165, 1.54) is 23.9 Å². The van der Waals surface area contributed by atoms with Gasteiger partial charge in [-0.15, -0.1) is 0 Å². The van der Waals surface area contributed by atoms with Crippen LogP contribution in [0.3, 0.4) is 0 Å². The lowest BCUT2D eigenvalue weighted by Crippen LogP contribution is -1.99. The second-order valence-corrected chi connectivity index (χ2v) is 6.55. The predicted molar refractivity (Wildman–Crippen MR) is 93.0 cm³/mol. The minimum absolute atomic E-state index is 0.287. The van der Waals surface area contributed by atoms with Gasteiger partial charge in [0.1, 0.15) is 5.82 Å². The first kappa shape index (κ1) is 15.8. The maximum absolute atomic E-state index is 13.2. The van der Waals surface area contributed by atoms with Gasteiger partial charge in [0.05, 0.1) is 23.7 Å². The third-order valence-electron chi connectivity index (χ3n) is 3.22. The average molecular weight is 388 g/mol. The van der Waals surface area contributed by atoms with Crippen LogP contribution in [0.1, 0.15) is 0 Å². The molecule has 0 unspecified atom stereocenters. The lowest BCUT2D eigenvalue weighted by atomic mass is 10.1. The van der Waals surface area contributed by atoms with Crippen LogP contribution in [0.25, 0.3) is 16.9 Å². The SMILES string of the molecule is N#CCSc1ncc(-c2ccc(Br)cc2)n1-c1ccc(F)cc1. The molecule has 3 nitrogen and oxygen atoms in total. The summed E-state index contributed by atoms with van der Waals surface area (Å²) in [6.07, 6.45) is 1.77. The lowest BCUT2D eigenvalue weighted by Gasteiger charge is -2.11. The molecule has 3 aromatic rings. The molecule has 0 saturated carbocycles. The van der Waals surface area contributed by atoms with Crippen molar-refractivity contribution < 1.29 is 4.39 Å². The van der Waals surface area contributed by atoms with Crippen molar-refractivity contribution in [2.24, 2.45) is 0 Å². The van der Waals surface area contributed by atoms with E-state index in [9.17, 15) is 4.39 Å². The summed E-state index contributed by atoms with van der Waals surface area (Å²) in [7, 11) is 0. The summed E-state index contributed by atoms with van der Waals surface area (Å²) in [4.78, 5) is 4.42. The van der Waals surface area contributed by atoms with Crippen LogP contribution in [0.5, 0.6) is 0 Å². The highest BCUT2D eigenvalue weighted by Crippen LogP contribution is 2.30. The molecule has 0 spiro atoms. The largest absolute Gasteiger partial charge is 0.287 e. The van der Waals surface area contributed by atoms with E-state index in [2.05, 4.69) is 27.0 Å². The topological polar surface area (TPSA) is 41.6 Å². The molecule has 2 aromatic carbocycles. The van der Waals surface area contributed by atoms with E-state index in [1.54, 1.807) is 18.3 Å². The normalized spacial score (nSPS) is 10.5. The molecule has 0 aliphatic heterocycles. The molecule has 0 aliphatic rings. The van der Waals surface area contributed by atoms with Crippen molar-refractivity contribution in [1.82, 2.24) is 9.55 Å². The van der Waals surface area contributed by atoms with Crippen LogP contribution in [0, 0.1) is 17.1 Å². The Bertz CT molecular complexity index is 851. The number of nitrogens with zero attached hydrogens (tertiary/aromatic N) is 3. The number of imidazole rings is 1. The van der Waals surface area contributed by atoms with Crippen molar-refractivity contribution in [2.75, 3.05) is 5.75 Å². The first-order valence-electron chi connectivity index (χ1n) is 6.78. The van der Waals surface area contributed by atoms with Crippen molar-refractivity contribution in [3.8, 4) is 23.0 Å². The van der Waals surface area contributed by atoms with Gasteiger partial charge in [-0.3, -0.25) is 4.57 Å². The van der Waals surface area contributed by atoms with Gasteiger partial charge in [-0.05, 0) is 36.4 Å². The summed E-state index contributed by atoms with van der Waals surface area (Å²) in [5.41, 5.74) is 2.70. The molecule has 0 atom stereocenters. The van der Waals surface area contributed by atoms with Crippen LogP contribution >= 0.6 is 27.7 Å². The van der Waals surface area contributed by atoms with Crippen LogP contribution in [-0.4, -0.2) is 15.3 Å². The molecule has 0 fully saturated rings. The Morgan fingerprint density at radius 3 is 2.48 bits per heavy atom. The number of rotatable bonds is 4. The molecule has 3 rings (SSSR count). The number of halogens is 2. The highest BCUT2D eigenvalue weighted by Gasteiger charge is 2.14. The van der Waals surface area contributed by atoms with E-state index in [0.717, 1.165) is 21.4 Å². The zero-order valence-corrected chi connectivity index (χ0v) is 14.3. The van der Waals surface area contributed by atoms with E-state index in [4.69, 9.17) is 5.26 Å². The van der Waals surface area contributed by atoms with Gasteiger partial charge >= 0.3 is 0 Å². The Kier molecular flexibility index (Phi) is 4.79. The van der Waals surface area contributed by atoms with Gasteiger partial charge in [0.15, 0.2) is 5.16 Å². The molecule has 6 heteroatoms. The maximum atomic E-state index is 13.2. The molecule has 1 heterocycles. The summed E-state index contributed by atoms with van der Waals surface area (Å²) < 4.78 is 16.1. The lowest BCUT2D eigenvalue weighted by molar-refractivity contribution is 0.627. The fourth-order valence-electron chi connectivity index (χ4n) is 2.20. The van der Waals surface area contributed by atoms with Crippen molar-refractivity contribution in [3.63, 3.8) is 0 Å². The van der Waals surface area contributed by atoms with E-state index >= 15 is 0 Å². The van der Waals surface area contributed by atoms with E-state index in [1.807, 2.05) is 28.8 Å². The quantitative estimate of drug-likeness (QED) is 0.587. The molecule has 0 radical (unpaired) electrons. The molecule has 0 aliphatic carbocycles. The molecule has 0 N–H and O–H groups in total. The number of hydrogen-bond donors (Lipinski definition) is 0. The Labute approximate surface area is 145 Å². The van der Waals surface area contributed by atoms with Crippen LogP contribution in [0.2, 0.25) is 0 Å². The Hall–Kier alpha value is -2.10. The minimum atomic E-state index is -0.287. The monoisotopic (exact) mass is 387 g/mol. The molecule has 1 aromatic heterocycles. The fourth-order valence-corrected chi connectivity index (χ4v) is 3.12. The van der Waals surface area contributed by atoms with E-state index < -0.39 is 0 Å². The second-order valence-electron chi connectivity index (χ2n) is 4.69. The zero-order valence-electron chi connectivity index (χ0n) is 11.9. The third-order valence-corrected chi connectivity index (χ3v) is 4.57. The van der Waals surface area contributed by atoms with Crippen molar-refractivity contribution in [2.45, 2.75) is 5.16 Å². The van der Waals surface area contributed by atoms with Gasteiger partial charge in [-0.1, -0.05) is 39.8 Å². The molecule has 0 bridgehead atoms. The number of benzene rings is 2. The zero-order chi connectivity index (χ0) is 16.2. The van der Waals surface area contributed by atoms with Crippen LogP contribution in [-0.2, 0) is 0 Å². The van der Waals surface area contributed by atoms with Gasteiger partial charge < -0.3 is 0 Å². The Balaban J connectivity index is 2.12. The summed E-state index contributed by atoms with van der Waals surface area (Å²) in [5.74, 6) is 0.0168. The average Bonchev–Trinajstić information content (AvgIpc) is 2.98. The smallest absolute Gasteiger partial charge is 0.174 e. The summed E-state index contributed by atoms with van der Waals surface area (Å²) in [5, 5.41) is 9.52. The van der Waals surface area contributed by atoms with Crippen molar-refractivity contribution >= 4 is 27.7 Å². The maximum Gasteiger partial charge on any atom is 0.174 e. The summed E-state index contributed by atoms with van der Waals surface area (Å²) in [6, 6.07) is 16.2. The van der Waals surface area contributed by atoms with Gasteiger partial charge in [-0.25, -0.2) is 9.37 Å². The fraction of sp³-hybridized carbons (Fsp3) is 0.0588. The Morgan fingerprint density at radius 1 is 1.13 bits per heavy atom. The molecule has 114 valence electrons. The first-order chi connectivity index (χ1) is 11.2.